The standard InChI is InChI=1S/C28H38FN3O2/c29-23-5-3-19(4-6-23)18-31-10-7-24(8-11-31)30-26(33)25-2-1-9-32(25)27(34)28-15-20-12-21(16-28)14-22(13-20)17-28/h3-6,20-22,24-25H,1-2,7-18H2,(H,30,33). The number of benzene rings is 1. The summed E-state index contributed by atoms with van der Waals surface area (Å²) in [5.41, 5.74) is 0.956. The molecule has 2 saturated heterocycles. The van der Waals surface area contributed by atoms with Gasteiger partial charge in [-0.2, -0.15) is 0 Å². The average molecular weight is 468 g/mol. The molecule has 0 aromatic heterocycles. The van der Waals surface area contributed by atoms with Gasteiger partial charge in [-0.3, -0.25) is 14.5 Å². The van der Waals surface area contributed by atoms with Crippen LogP contribution >= 0.6 is 0 Å². The molecular formula is C28H38FN3O2. The minimum Gasteiger partial charge on any atom is -0.351 e. The lowest BCUT2D eigenvalue weighted by Crippen LogP contribution is -2.58. The fourth-order valence-electron chi connectivity index (χ4n) is 8.34. The zero-order chi connectivity index (χ0) is 23.3. The molecule has 6 heteroatoms. The van der Waals surface area contributed by atoms with Crippen molar-refractivity contribution in [2.75, 3.05) is 19.6 Å². The first-order valence-corrected chi connectivity index (χ1v) is 13.6. The molecule has 5 nitrogen and oxygen atoms in total. The predicted octanol–water partition coefficient (Wildman–Crippen LogP) is 4.11. The molecule has 7 rings (SSSR count). The highest BCUT2D eigenvalue weighted by Crippen LogP contribution is 2.60. The maximum atomic E-state index is 13.9. The third-order valence-electron chi connectivity index (χ3n) is 9.56. The molecule has 34 heavy (non-hydrogen) atoms. The average Bonchev–Trinajstić information content (AvgIpc) is 3.30. The Morgan fingerprint density at radius 3 is 2.15 bits per heavy atom. The summed E-state index contributed by atoms with van der Waals surface area (Å²) >= 11 is 0. The second-order valence-electron chi connectivity index (χ2n) is 12.0. The normalized spacial score (nSPS) is 35.6. The topological polar surface area (TPSA) is 52.7 Å². The Kier molecular flexibility index (Phi) is 5.91. The van der Waals surface area contributed by atoms with Crippen LogP contribution in [-0.2, 0) is 16.1 Å². The third kappa shape index (κ3) is 4.27. The van der Waals surface area contributed by atoms with E-state index in [1.807, 2.05) is 17.0 Å². The number of likely N-dealkylation sites (tertiary alicyclic amines) is 2. The largest absolute Gasteiger partial charge is 0.351 e. The van der Waals surface area contributed by atoms with E-state index in [2.05, 4.69) is 10.2 Å². The molecule has 2 aliphatic heterocycles. The molecule has 1 unspecified atom stereocenters. The van der Waals surface area contributed by atoms with Gasteiger partial charge in [-0.25, -0.2) is 4.39 Å². The zero-order valence-electron chi connectivity index (χ0n) is 20.2. The fraction of sp³-hybridized carbons (Fsp3) is 0.714. The van der Waals surface area contributed by atoms with Gasteiger partial charge in [0, 0.05) is 32.2 Å². The van der Waals surface area contributed by atoms with Crippen LogP contribution in [0, 0.1) is 29.0 Å². The Hall–Kier alpha value is -1.95. The van der Waals surface area contributed by atoms with Gasteiger partial charge in [0.15, 0.2) is 0 Å². The summed E-state index contributed by atoms with van der Waals surface area (Å²) in [7, 11) is 0. The minimum atomic E-state index is -0.280. The van der Waals surface area contributed by atoms with Crippen molar-refractivity contribution in [2.45, 2.75) is 82.8 Å². The van der Waals surface area contributed by atoms with Crippen molar-refractivity contribution in [3.05, 3.63) is 35.6 Å². The fourth-order valence-corrected chi connectivity index (χ4v) is 8.34. The molecule has 4 saturated carbocycles. The highest BCUT2D eigenvalue weighted by Gasteiger charge is 2.56. The monoisotopic (exact) mass is 467 g/mol. The summed E-state index contributed by atoms with van der Waals surface area (Å²) in [5, 5.41) is 3.30. The van der Waals surface area contributed by atoms with Crippen molar-refractivity contribution in [1.82, 2.24) is 15.1 Å². The molecule has 184 valence electrons. The maximum Gasteiger partial charge on any atom is 0.243 e. The van der Waals surface area contributed by atoms with Gasteiger partial charge in [-0.1, -0.05) is 12.1 Å². The van der Waals surface area contributed by atoms with E-state index >= 15 is 0 Å². The molecular weight excluding hydrogens is 429 g/mol. The molecule has 0 spiro atoms. The van der Waals surface area contributed by atoms with Crippen molar-refractivity contribution in [3.8, 4) is 0 Å². The Bertz CT molecular complexity index is 889. The van der Waals surface area contributed by atoms with Crippen LogP contribution < -0.4 is 5.32 Å². The summed E-state index contributed by atoms with van der Waals surface area (Å²) in [4.78, 5) is 31.5. The molecule has 0 radical (unpaired) electrons. The number of amides is 2. The van der Waals surface area contributed by atoms with E-state index in [1.54, 1.807) is 0 Å². The molecule has 4 aliphatic carbocycles. The highest BCUT2D eigenvalue weighted by atomic mass is 19.1. The lowest BCUT2D eigenvalue weighted by molar-refractivity contribution is -0.160. The van der Waals surface area contributed by atoms with Crippen LogP contribution in [0.3, 0.4) is 0 Å². The number of nitrogens with zero attached hydrogens (tertiary/aromatic N) is 2. The first kappa shape index (κ1) is 22.5. The van der Waals surface area contributed by atoms with Crippen LogP contribution in [0.1, 0.15) is 69.8 Å². The smallest absolute Gasteiger partial charge is 0.243 e. The molecule has 1 aromatic carbocycles. The highest BCUT2D eigenvalue weighted by molar-refractivity contribution is 5.91. The maximum absolute atomic E-state index is 13.9. The van der Waals surface area contributed by atoms with Gasteiger partial charge in [-0.15, -0.1) is 0 Å². The van der Waals surface area contributed by atoms with Crippen LogP contribution in [-0.4, -0.2) is 53.3 Å². The molecule has 2 heterocycles. The molecule has 4 bridgehead atoms. The minimum absolute atomic E-state index is 0.0626. The molecule has 1 aromatic rings. The number of rotatable bonds is 5. The number of hydrogen-bond donors (Lipinski definition) is 1. The molecule has 1 N–H and O–H groups in total. The Morgan fingerprint density at radius 2 is 1.53 bits per heavy atom. The van der Waals surface area contributed by atoms with Gasteiger partial charge < -0.3 is 10.2 Å². The first-order chi connectivity index (χ1) is 16.5. The van der Waals surface area contributed by atoms with E-state index in [1.165, 1.54) is 31.4 Å². The van der Waals surface area contributed by atoms with Crippen molar-refractivity contribution in [2.24, 2.45) is 23.2 Å². The molecule has 6 fully saturated rings. The van der Waals surface area contributed by atoms with Gasteiger partial charge in [0.25, 0.3) is 0 Å². The van der Waals surface area contributed by atoms with Gasteiger partial charge >= 0.3 is 0 Å². The number of carbonyl (C=O) groups excluding carboxylic acids is 2. The number of hydrogen-bond acceptors (Lipinski definition) is 3. The first-order valence-electron chi connectivity index (χ1n) is 13.6. The SMILES string of the molecule is O=C(NC1CCN(Cc2ccc(F)cc2)CC1)C1CCCN1C(=O)C12CC3CC(CC(C3)C1)C2. The Morgan fingerprint density at radius 1 is 0.912 bits per heavy atom. The van der Waals surface area contributed by atoms with Crippen molar-refractivity contribution < 1.29 is 14.0 Å². The summed E-state index contributed by atoms with van der Waals surface area (Å²) in [6, 6.07) is 6.62. The Balaban J connectivity index is 1.03. The predicted molar refractivity (Wildman–Crippen MR) is 128 cm³/mol. The van der Waals surface area contributed by atoms with Gasteiger partial charge in [0.05, 0.1) is 5.41 Å². The van der Waals surface area contributed by atoms with Gasteiger partial charge in [0.1, 0.15) is 11.9 Å². The van der Waals surface area contributed by atoms with Crippen LogP contribution in [0.15, 0.2) is 24.3 Å². The van der Waals surface area contributed by atoms with Crippen molar-refractivity contribution >= 4 is 11.8 Å². The second kappa shape index (κ2) is 8.92. The summed E-state index contributed by atoms with van der Waals surface area (Å²) < 4.78 is 13.2. The van der Waals surface area contributed by atoms with E-state index in [-0.39, 0.29) is 29.2 Å². The van der Waals surface area contributed by atoms with Crippen molar-refractivity contribution in [3.63, 3.8) is 0 Å². The van der Waals surface area contributed by atoms with Crippen LogP contribution in [0.5, 0.6) is 0 Å². The molecule has 2 amide bonds. The number of halogens is 1. The quantitative estimate of drug-likeness (QED) is 0.709. The number of carbonyl (C=O) groups is 2. The van der Waals surface area contributed by atoms with E-state index in [0.29, 0.717) is 5.91 Å². The van der Waals surface area contributed by atoms with E-state index < -0.39 is 0 Å². The van der Waals surface area contributed by atoms with E-state index in [0.717, 1.165) is 94.4 Å². The van der Waals surface area contributed by atoms with Crippen molar-refractivity contribution in [1.29, 1.82) is 0 Å². The number of piperidine rings is 1. The van der Waals surface area contributed by atoms with Gasteiger partial charge in [-0.05, 0) is 99.7 Å². The van der Waals surface area contributed by atoms with Gasteiger partial charge in [0.2, 0.25) is 11.8 Å². The second-order valence-corrected chi connectivity index (χ2v) is 12.0. The molecule has 6 aliphatic rings. The molecule has 1 atom stereocenters. The van der Waals surface area contributed by atoms with E-state index in [4.69, 9.17) is 0 Å². The van der Waals surface area contributed by atoms with Crippen LogP contribution in [0.4, 0.5) is 4.39 Å². The van der Waals surface area contributed by atoms with Crippen LogP contribution in [0.2, 0.25) is 0 Å². The lowest BCUT2D eigenvalue weighted by Gasteiger charge is -2.56. The lowest BCUT2D eigenvalue weighted by atomic mass is 9.49. The summed E-state index contributed by atoms with van der Waals surface area (Å²) in [6.45, 7) is 3.40. The van der Waals surface area contributed by atoms with Crippen LogP contribution in [0.25, 0.3) is 0 Å². The summed E-state index contributed by atoms with van der Waals surface area (Å²) in [5.74, 6) is 2.39. The number of nitrogens with one attached hydrogen (secondary N) is 1. The zero-order valence-corrected chi connectivity index (χ0v) is 20.2. The summed E-state index contributed by atoms with van der Waals surface area (Å²) in [6.07, 6.45) is 10.8. The third-order valence-corrected chi connectivity index (χ3v) is 9.56. The van der Waals surface area contributed by atoms with E-state index in [9.17, 15) is 14.0 Å². The Labute approximate surface area is 202 Å².